The molecule has 13 heteroatoms. The van der Waals surface area contributed by atoms with Crippen molar-refractivity contribution >= 4 is 42.8 Å². The van der Waals surface area contributed by atoms with Gasteiger partial charge in [0.25, 0.3) is 0 Å². The Morgan fingerprint density at radius 2 is 1.53 bits per heavy atom. The van der Waals surface area contributed by atoms with Crippen molar-refractivity contribution < 1.29 is 81.0 Å². The number of nitrogens with two attached hydrogens (primary N) is 1. The Kier molecular flexibility index (Phi) is 27.4. The van der Waals surface area contributed by atoms with Crippen molar-refractivity contribution in [1.82, 2.24) is 0 Å². The summed E-state index contributed by atoms with van der Waals surface area (Å²) < 4.78 is 8.66. The van der Waals surface area contributed by atoms with E-state index in [1.807, 2.05) is 0 Å². The minimum absolute atomic E-state index is 0. The molecule has 9 nitrogen and oxygen atoms in total. The summed E-state index contributed by atoms with van der Waals surface area (Å²) in [5, 5.41) is 16.0. The molecule has 0 unspecified atom stereocenters. The molecule has 0 rings (SSSR count). The van der Waals surface area contributed by atoms with Gasteiger partial charge in [-0.15, -0.1) is 0 Å². The monoisotopic (exact) mass is 311 g/mol. The van der Waals surface area contributed by atoms with Gasteiger partial charge in [0.2, 0.25) is 0 Å². The van der Waals surface area contributed by atoms with E-state index >= 15 is 0 Å². The number of hydrogen-bond acceptors (Lipinski definition) is 6. The molecule has 0 aliphatic carbocycles. The third-order valence-electron chi connectivity index (χ3n) is 0.712. The van der Waals surface area contributed by atoms with E-state index in [2.05, 4.69) is 0 Å². The average Bonchev–Trinajstić information content (AvgIpc) is 1.80. The fourth-order valence-corrected chi connectivity index (χ4v) is 0.275. The van der Waals surface area contributed by atoms with Gasteiger partial charge < -0.3 is 47.6 Å². The summed E-state index contributed by atoms with van der Waals surface area (Å²) in [6.45, 7) is 0. The first-order valence-corrected chi connectivity index (χ1v) is 4.48. The number of halogens is 1. The minimum atomic E-state index is -5.14. The molecule has 0 heterocycles. The molecule has 5 N–H and O–H groups in total. The first-order chi connectivity index (χ1) is 6.04. The van der Waals surface area contributed by atoms with E-state index in [-0.39, 0.29) is 65.0 Å². The third-order valence-corrected chi connectivity index (χ3v) is 0.712. The number of hydrogen-bond donors (Lipinski definition) is 4. The average molecular weight is 312 g/mol. The summed E-state index contributed by atoms with van der Waals surface area (Å²) in [7, 11) is -5.14. The first-order valence-electron chi connectivity index (χ1n) is 2.99. The molecule has 17 heavy (non-hydrogen) atoms. The Balaban J connectivity index is -0.0000000533. The van der Waals surface area contributed by atoms with E-state index in [4.69, 9.17) is 35.2 Å². The molecule has 0 amide bonds. The maximum atomic E-state index is 9.85. The van der Waals surface area contributed by atoms with Crippen LogP contribution in [0, 0.1) is 0 Å². The molecular weight excluding hydrogens is 304 g/mol. The molecule has 0 bridgehead atoms. The van der Waals surface area contributed by atoms with E-state index < -0.39 is 32.2 Å². The smallest absolute Gasteiger partial charge is 1.00 e. The van der Waals surface area contributed by atoms with Crippen molar-refractivity contribution in [2.45, 2.75) is 12.5 Å². The summed E-state index contributed by atoms with van der Waals surface area (Å²) in [6, 6.07) is -1.29. The molecule has 0 saturated heterocycles. The van der Waals surface area contributed by atoms with E-state index in [0.717, 1.165) is 0 Å². The molecule has 0 fully saturated rings. The first kappa shape index (κ1) is 30.8. The molecule has 0 saturated carbocycles. The second kappa shape index (κ2) is 15.1. The van der Waals surface area contributed by atoms with Crippen LogP contribution in [-0.2, 0) is 14.2 Å². The summed E-state index contributed by atoms with van der Waals surface area (Å²) in [6.07, 6.45) is -0.532. The molecule has 0 spiro atoms. The summed E-state index contributed by atoms with van der Waals surface area (Å²) in [5.74, 6) is -2.50. The van der Waals surface area contributed by atoms with Gasteiger partial charge in [-0.1, -0.05) is 0 Å². The van der Waals surface area contributed by atoms with Crippen LogP contribution in [0.15, 0.2) is 0 Å². The van der Waals surface area contributed by atoms with Gasteiger partial charge in [0, 0.05) is 0 Å². The normalized spacial score (nSPS) is 10.1. The van der Waals surface area contributed by atoms with Crippen LogP contribution < -0.4 is 57.5 Å². The van der Waals surface area contributed by atoms with Gasteiger partial charge in [0.05, 0.1) is 14.2 Å². The molecule has 0 radical (unpaired) electrons. The maximum Gasteiger partial charge on any atom is 2.00 e. The van der Waals surface area contributed by atoms with Crippen LogP contribution in [0.25, 0.3) is 0 Å². The van der Waals surface area contributed by atoms with Crippen molar-refractivity contribution in [3.8, 4) is 0 Å². The fraction of sp³-hybridized carbons (Fsp3) is 0.500. The van der Waals surface area contributed by atoms with Gasteiger partial charge in [0.1, 0.15) is 6.04 Å². The Bertz CT molecular complexity index is 254. The van der Waals surface area contributed by atoms with Crippen LogP contribution in [0.1, 0.15) is 6.42 Å². The van der Waals surface area contributed by atoms with E-state index in [1.165, 1.54) is 0 Å². The van der Waals surface area contributed by atoms with Gasteiger partial charge in [-0.25, -0.2) is 0 Å². The largest absolute Gasteiger partial charge is 2.00 e. The number of carbonyl (C=O) groups is 2. The molecule has 0 aromatic heterocycles. The summed E-state index contributed by atoms with van der Waals surface area (Å²) in [4.78, 5) is 43.9. The Morgan fingerprint density at radius 1 is 1.29 bits per heavy atom. The fourth-order valence-electron chi connectivity index (χ4n) is 0.275. The van der Waals surface area contributed by atoms with Gasteiger partial charge in [0.15, 0.2) is 0 Å². The number of phosphoric acid groups is 1. The molecule has 0 aromatic carbocycles. The standard InChI is InChI=1S/C4H7NO4.ClH.Mg.Na.H3O4P/c5-2(4(8)9)1-3(6)7;;;;1-5(2,3)4/h2H,1,5H2,(H,6,7)(H,8,9);1H;;;(H3,1,2,3,4)/q;;+2;+1;/p-3/t2-;;;;/m0..../s1. The minimum Gasteiger partial charge on any atom is -1.00 e. The molecule has 0 aliphatic heterocycles. The number of rotatable bonds is 3. The van der Waals surface area contributed by atoms with E-state index in [1.54, 1.807) is 0 Å². The molecule has 92 valence electrons. The number of carboxylic acids is 2. The zero-order valence-electron chi connectivity index (χ0n) is 8.78. The van der Waals surface area contributed by atoms with Crippen molar-refractivity contribution in [3.05, 3.63) is 0 Å². The van der Waals surface area contributed by atoms with Crippen LogP contribution in [0.4, 0.5) is 0 Å². The van der Waals surface area contributed by atoms with E-state index in [0.29, 0.717) is 0 Å². The second-order valence-corrected chi connectivity index (χ2v) is 2.95. The van der Waals surface area contributed by atoms with Crippen molar-refractivity contribution in [2.24, 2.45) is 5.73 Å². The summed E-state index contributed by atoms with van der Waals surface area (Å²) in [5.41, 5.74) is 4.84. The van der Waals surface area contributed by atoms with Crippen molar-refractivity contribution in [3.63, 3.8) is 0 Å². The SMILES string of the molecule is N[C@@H](CC(=O)O)C(=O)O.O=P([O-])([O-])O.[Cl-].[Mg+2].[Na+]. The second-order valence-electron chi connectivity index (χ2n) is 2.01. The molecule has 0 aromatic rings. The van der Waals surface area contributed by atoms with Gasteiger partial charge in [-0.05, 0) is 0 Å². The topological polar surface area (TPSA) is 184 Å². The van der Waals surface area contributed by atoms with Crippen LogP contribution in [0.2, 0.25) is 0 Å². The molecular formula is C4H8ClMgNNaO8P. The van der Waals surface area contributed by atoms with Crippen LogP contribution >= 0.6 is 7.82 Å². The Labute approximate surface area is 141 Å². The van der Waals surface area contributed by atoms with Crippen molar-refractivity contribution in [2.75, 3.05) is 0 Å². The van der Waals surface area contributed by atoms with Gasteiger partial charge >= 0.3 is 64.5 Å². The van der Waals surface area contributed by atoms with Gasteiger partial charge in [-0.3, -0.25) is 9.59 Å². The Hall–Kier alpha value is 1.07. The predicted molar refractivity (Wildman–Crippen MR) is 43.4 cm³/mol. The van der Waals surface area contributed by atoms with Crippen molar-refractivity contribution in [1.29, 1.82) is 0 Å². The number of carboxylic acid groups (broad SMARTS) is 2. The quantitative estimate of drug-likeness (QED) is 0.290. The zero-order chi connectivity index (χ0) is 11.9. The van der Waals surface area contributed by atoms with Crippen LogP contribution in [0.5, 0.6) is 0 Å². The molecule has 1 atom stereocenters. The predicted octanol–water partition coefficient (Wildman–Crippen LogP) is -9.69. The maximum absolute atomic E-state index is 9.85. The summed E-state index contributed by atoms with van der Waals surface area (Å²) >= 11 is 0. The third kappa shape index (κ3) is 47.1. The van der Waals surface area contributed by atoms with Crippen LogP contribution in [0.3, 0.4) is 0 Å². The van der Waals surface area contributed by atoms with E-state index in [9.17, 15) is 9.59 Å². The van der Waals surface area contributed by atoms with Crippen LogP contribution in [-0.4, -0.2) is 56.1 Å². The van der Waals surface area contributed by atoms with Gasteiger partial charge in [-0.2, -0.15) is 0 Å². The Morgan fingerprint density at radius 3 is 1.59 bits per heavy atom. The zero-order valence-corrected chi connectivity index (χ0v) is 13.8. The number of aliphatic carboxylic acids is 2. The molecule has 0 aliphatic rings.